The Morgan fingerprint density at radius 1 is 1.14 bits per heavy atom. The third-order valence-electron chi connectivity index (χ3n) is 5.78. The minimum absolute atomic E-state index is 0.0190. The summed E-state index contributed by atoms with van der Waals surface area (Å²) in [6.07, 6.45) is 4.93. The van der Waals surface area contributed by atoms with E-state index in [0.29, 0.717) is 12.3 Å². The SMILES string of the molecule is O=C(NC[C@@H]1CCC2(CCN(Cc3c(F)cccc3F)CC2)O1)c1ccco1. The van der Waals surface area contributed by atoms with E-state index in [1.165, 1.54) is 24.5 Å². The third kappa shape index (κ3) is 4.10. The van der Waals surface area contributed by atoms with E-state index in [0.717, 1.165) is 38.8 Å². The van der Waals surface area contributed by atoms with Gasteiger partial charge in [-0.1, -0.05) is 6.07 Å². The van der Waals surface area contributed by atoms with Crippen LogP contribution in [0.15, 0.2) is 41.0 Å². The number of hydrogen-bond donors (Lipinski definition) is 1. The zero-order valence-corrected chi connectivity index (χ0v) is 15.6. The number of amides is 1. The maximum atomic E-state index is 13.9. The van der Waals surface area contributed by atoms with Crippen LogP contribution in [0.25, 0.3) is 0 Å². The Labute approximate surface area is 162 Å². The lowest BCUT2D eigenvalue weighted by molar-refractivity contribution is -0.0766. The number of nitrogens with one attached hydrogen (secondary N) is 1. The van der Waals surface area contributed by atoms with Crippen LogP contribution in [0.3, 0.4) is 0 Å². The molecule has 0 unspecified atom stereocenters. The van der Waals surface area contributed by atoms with Crippen molar-refractivity contribution in [3.8, 4) is 0 Å². The van der Waals surface area contributed by atoms with Crippen LogP contribution in [0.1, 0.15) is 41.8 Å². The Morgan fingerprint density at radius 3 is 2.57 bits per heavy atom. The van der Waals surface area contributed by atoms with Gasteiger partial charge in [0.2, 0.25) is 0 Å². The van der Waals surface area contributed by atoms with Crippen molar-refractivity contribution in [3.63, 3.8) is 0 Å². The summed E-state index contributed by atoms with van der Waals surface area (Å²) in [5.74, 6) is -0.938. The summed E-state index contributed by atoms with van der Waals surface area (Å²) in [6, 6.07) is 7.28. The van der Waals surface area contributed by atoms with Crippen LogP contribution in [0.2, 0.25) is 0 Å². The van der Waals surface area contributed by atoms with Gasteiger partial charge in [-0.15, -0.1) is 0 Å². The number of carbonyl (C=O) groups excluding carboxylic acids is 1. The monoisotopic (exact) mass is 390 g/mol. The largest absolute Gasteiger partial charge is 0.459 e. The highest BCUT2D eigenvalue weighted by Gasteiger charge is 2.42. The second kappa shape index (κ2) is 8.01. The summed E-state index contributed by atoms with van der Waals surface area (Å²) in [5.41, 5.74) is -0.0611. The van der Waals surface area contributed by atoms with Gasteiger partial charge >= 0.3 is 0 Å². The van der Waals surface area contributed by atoms with Gasteiger partial charge in [-0.3, -0.25) is 9.69 Å². The molecule has 0 radical (unpaired) electrons. The predicted octanol–water partition coefficient (Wildman–Crippen LogP) is 3.50. The fraction of sp³-hybridized carbons (Fsp3) is 0.476. The summed E-state index contributed by atoms with van der Waals surface area (Å²) in [7, 11) is 0. The molecule has 0 aliphatic carbocycles. The number of ether oxygens (including phenoxy) is 1. The molecule has 1 spiro atoms. The lowest BCUT2D eigenvalue weighted by atomic mass is 9.88. The van der Waals surface area contributed by atoms with Gasteiger partial charge in [-0.05, 0) is 49.9 Å². The lowest BCUT2D eigenvalue weighted by Crippen LogP contribution is -2.45. The molecular formula is C21H24F2N2O3. The van der Waals surface area contributed by atoms with E-state index in [2.05, 4.69) is 10.2 Å². The number of likely N-dealkylation sites (tertiary alicyclic amines) is 1. The van der Waals surface area contributed by atoms with Gasteiger partial charge < -0.3 is 14.5 Å². The molecule has 1 atom stereocenters. The molecule has 0 saturated carbocycles. The summed E-state index contributed by atoms with van der Waals surface area (Å²) in [4.78, 5) is 14.0. The molecule has 28 heavy (non-hydrogen) atoms. The van der Waals surface area contributed by atoms with Crippen LogP contribution in [0.5, 0.6) is 0 Å². The van der Waals surface area contributed by atoms with Crippen molar-refractivity contribution < 1.29 is 22.7 Å². The Morgan fingerprint density at radius 2 is 1.89 bits per heavy atom. The molecule has 4 rings (SSSR count). The van der Waals surface area contributed by atoms with Gasteiger partial charge in [0, 0.05) is 31.7 Å². The van der Waals surface area contributed by atoms with Crippen LogP contribution in [-0.2, 0) is 11.3 Å². The average molecular weight is 390 g/mol. The van der Waals surface area contributed by atoms with Crippen molar-refractivity contribution in [2.24, 2.45) is 0 Å². The van der Waals surface area contributed by atoms with Crippen LogP contribution >= 0.6 is 0 Å². The molecule has 1 aromatic carbocycles. The topological polar surface area (TPSA) is 54.7 Å². The quantitative estimate of drug-likeness (QED) is 0.849. The fourth-order valence-corrected chi connectivity index (χ4v) is 4.13. The number of furan rings is 1. The molecule has 0 bridgehead atoms. The van der Waals surface area contributed by atoms with E-state index >= 15 is 0 Å². The van der Waals surface area contributed by atoms with Gasteiger partial charge in [-0.25, -0.2) is 8.78 Å². The van der Waals surface area contributed by atoms with E-state index in [4.69, 9.17) is 9.15 Å². The molecule has 1 amide bonds. The molecule has 2 aliphatic rings. The molecule has 2 saturated heterocycles. The van der Waals surface area contributed by atoms with Gasteiger partial charge in [-0.2, -0.15) is 0 Å². The first-order valence-electron chi connectivity index (χ1n) is 9.69. The molecule has 3 heterocycles. The third-order valence-corrected chi connectivity index (χ3v) is 5.78. The Kier molecular flexibility index (Phi) is 5.46. The van der Waals surface area contributed by atoms with Crippen molar-refractivity contribution in [1.29, 1.82) is 0 Å². The zero-order valence-electron chi connectivity index (χ0n) is 15.6. The van der Waals surface area contributed by atoms with Crippen LogP contribution < -0.4 is 5.32 Å². The molecule has 1 aromatic heterocycles. The molecular weight excluding hydrogens is 366 g/mol. The van der Waals surface area contributed by atoms with Crippen molar-refractivity contribution in [2.75, 3.05) is 19.6 Å². The van der Waals surface area contributed by atoms with Crippen LogP contribution in [-0.4, -0.2) is 42.1 Å². The summed E-state index contributed by atoms with van der Waals surface area (Å²) in [6.45, 7) is 2.20. The highest BCUT2D eigenvalue weighted by molar-refractivity contribution is 5.91. The maximum Gasteiger partial charge on any atom is 0.287 e. The number of benzene rings is 1. The first-order chi connectivity index (χ1) is 13.5. The van der Waals surface area contributed by atoms with Gasteiger partial charge in [0.1, 0.15) is 11.6 Å². The van der Waals surface area contributed by atoms with Crippen molar-refractivity contribution in [1.82, 2.24) is 10.2 Å². The first kappa shape index (κ1) is 19.1. The van der Waals surface area contributed by atoms with Crippen molar-refractivity contribution in [2.45, 2.75) is 43.9 Å². The number of piperidine rings is 1. The van der Waals surface area contributed by atoms with E-state index in [9.17, 15) is 13.6 Å². The summed E-state index contributed by atoms with van der Waals surface area (Å²) in [5, 5.41) is 2.85. The van der Waals surface area contributed by atoms with Gasteiger partial charge in [0.25, 0.3) is 5.91 Å². The molecule has 2 aromatic rings. The van der Waals surface area contributed by atoms with Crippen LogP contribution in [0, 0.1) is 11.6 Å². The van der Waals surface area contributed by atoms with Crippen LogP contribution in [0.4, 0.5) is 8.78 Å². The number of hydrogen-bond acceptors (Lipinski definition) is 4. The lowest BCUT2D eigenvalue weighted by Gasteiger charge is -2.39. The normalized spacial score (nSPS) is 21.9. The molecule has 7 heteroatoms. The highest BCUT2D eigenvalue weighted by Crippen LogP contribution is 2.39. The highest BCUT2D eigenvalue weighted by atomic mass is 19.1. The fourth-order valence-electron chi connectivity index (χ4n) is 4.13. The molecule has 1 N–H and O–H groups in total. The molecule has 2 aliphatic heterocycles. The van der Waals surface area contributed by atoms with Crippen molar-refractivity contribution in [3.05, 3.63) is 59.6 Å². The van der Waals surface area contributed by atoms with Gasteiger partial charge in [0.15, 0.2) is 5.76 Å². The van der Waals surface area contributed by atoms with E-state index in [1.54, 1.807) is 12.1 Å². The molecule has 5 nitrogen and oxygen atoms in total. The number of carbonyl (C=O) groups is 1. The Balaban J connectivity index is 1.26. The standard InChI is InChI=1S/C21H24F2N2O3/c22-17-3-1-4-18(23)16(17)14-25-10-8-21(9-11-25)7-6-15(28-21)13-24-20(26)19-5-2-12-27-19/h1-5,12,15H,6-11,13-14H2,(H,24,26)/t15-/m0/s1. The minimum atomic E-state index is -0.496. The molecule has 150 valence electrons. The first-order valence-corrected chi connectivity index (χ1v) is 9.69. The second-order valence-corrected chi connectivity index (χ2v) is 7.63. The van der Waals surface area contributed by atoms with E-state index in [1.807, 2.05) is 0 Å². The van der Waals surface area contributed by atoms with E-state index in [-0.39, 0.29) is 29.7 Å². The summed E-state index contributed by atoms with van der Waals surface area (Å²) < 4.78 is 39.1. The summed E-state index contributed by atoms with van der Waals surface area (Å²) >= 11 is 0. The Bertz CT molecular complexity index is 797. The van der Waals surface area contributed by atoms with E-state index < -0.39 is 11.6 Å². The predicted molar refractivity (Wildman–Crippen MR) is 98.7 cm³/mol. The molecule has 2 fully saturated rings. The van der Waals surface area contributed by atoms with Crippen molar-refractivity contribution >= 4 is 5.91 Å². The number of halogens is 2. The second-order valence-electron chi connectivity index (χ2n) is 7.63. The Hall–Kier alpha value is -2.25. The number of nitrogens with zero attached hydrogens (tertiary/aromatic N) is 1. The number of rotatable bonds is 5. The van der Waals surface area contributed by atoms with Gasteiger partial charge in [0.05, 0.1) is 18.0 Å². The smallest absolute Gasteiger partial charge is 0.287 e. The minimum Gasteiger partial charge on any atom is -0.459 e. The average Bonchev–Trinajstić information content (AvgIpc) is 3.35. The zero-order chi connectivity index (χ0) is 19.6. The maximum absolute atomic E-state index is 13.9.